The minimum Gasteiger partial charge on any atom is -0.504 e. The van der Waals surface area contributed by atoms with Gasteiger partial charge in [0.15, 0.2) is 11.5 Å². The second-order valence-corrected chi connectivity index (χ2v) is 7.31. The van der Waals surface area contributed by atoms with Gasteiger partial charge in [0.05, 0.1) is 14.2 Å². The largest absolute Gasteiger partial charge is 0.504 e. The van der Waals surface area contributed by atoms with Crippen molar-refractivity contribution < 1.29 is 19.3 Å². The van der Waals surface area contributed by atoms with Crippen LogP contribution < -0.4 is 14.2 Å². The molecule has 2 aromatic rings. The lowest BCUT2D eigenvalue weighted by atomic mass is 9.92. The predicted molar refractivity (Wildman–Crippen MR) is 101 cm³/mol. The van der Waals surface area contributed by atoms with Gasteiger partial charge in [0, 0.05) is 27.7 Å². The van der Waals surface area contributed by atoms with Crippen molar-refractivity contribution in [1.82, 2.24) is 0 Å². The number of phenols is 1. The van der Waals surface area contributed by atoms with Gasteiger partial charge in [-0.1, -0.05) is 17.8 Å². The number of ether oxygens (including phenoxy) is 3. The Kier molecular flexibility index (Phi) is 4.60. The third-order valence-corrected chi connectivity index (χ3v) is 5.21. The number of thioether (sulfide) groups is 1. The highest BCUT2D eigenvalue weighted by molar-refractivity contribution is 8.02. The lowest BCUT2D eigenvalue weighted by Gasteiger charge is -2.20. The Morgan fingerprint density at radius 1 is 1.16 bits per heavy atom. The molecule has 0 saturated heterocycles. The number of methoxy groups -OCH3 is 2. The van der Waals surface area contributed by atoms with Crippen LogP contribution in [0.15, 0.2) is 40.6 Å². The molecule has 0 atom stereocenters. The summed E-state index contributed by atoms with van der Waals surface area (Å²) in [6.07, 6.45) is 0. The van der Waals surface area contributed by atoms with Gasteiger partial charge in [-0.25, -0.2) is 0 Å². The second kappa shape index (κ2) is 6.56. The van der Waals surface area contributed by atoms with Crippen molar-refractivity contribution in [2.75, 3.05) is 14.2 Å². The van der Waals surface area contributed by atoms with Gasteiger partial charge in [-0.3, -0.25) is 0 Å². The first-order valence-corrected chi connectivity index (χ1v) is 8.86. The highest BCUT2D eigenvalue weighted by atomic mass is 32.2. The van der Waals surface area contributed by atoms with Crippen molar-refractivity contribution in [3.8, 4) is 23.0 Å². The Morgan fingerprint density at radius 2 is 1.92 bits per heavy atom. The number of hydrogen-bond donors (Lipinski definition) is 1. The molecule has 2 aromatic carbocycles. The first-order chi connectivity index (χ1) is 11.9. The van der Waals surface area contributed by atoms with E-state index in [1.807, 2.05) is 45.0 Å². The van der Waals surface area contributed by atoms with Crippen LogP contribution in [-0.4, -0.2) is 24.9 Å². The van der Waals surface area contributed by atoms with Crippen LogP contribution in [0.5, 0.6) is 23.0 Å². The maximum Gasteiger partial charge on any atom is 0.164 e. The van der Waals surface area contributed by atoms with E-state index < -0.39 is 5.60 Å². The summed E-state index contributed by atoms with van der Waals surface area (Å²) in [7, 11) is 3.20. The fraction of sp³-hybridized carbons (Fsp3) is 0.300. The molecule has 1 N–H and O–H groups in total. The number of hydrogen-bond acceptors (Lipinski definition) is 5. The quantitative estimate of drug-likeness (QED) is 0.778. The molecule has 0 bridgehead atoms. The summed E-state index contributed by atoms with van der Waals surface area (Å²) in [4.78, 5) is 1.08. The highest BCUT2D eigenvalue weighted by Gasteiger charge is 2.38. The first-order valence-electron chi connectivity index (χ1n) is 7.98. The van der Waals surface area contributed by atoms with E-state index in [9.17, 15) is 5.11 Å². The molecular weight excluding hydrogens is 336 g/mol. The summed E-state index contributed by atoms with van der Waals surface area (Å²) >= 11 is 1.60. The van der Waals surface area contributed by atoms with Crippen LogP contribution in [0.1, 0.15) is 25.0 Å². The standard InChI is InChI=1S/C20H22O4S/c1-12-18-15(11-25-14-8-6-7-13(9-14)22-4)20(2,3)24-16(18)10-17(23-5)19(12)21/h6-11,21H,1-5H3/b15-11+. The molecule has 25 heavy (non-hydrogen) atoms. The van der Waals surface area contributed by atoms with Gasteiger partial charge >= 0.3 is 0 Å². The zero-order valence-corrected chi connectivity index (χ0v) is 15.9. The van der Waals surface area contributed by atoms with E-state index in [2.05, 4.69) is 5.41 Å². The number of phenolic OH excluding ortho intramolecular Hbond substituents is 1. The Balaban J connectivity index is 2.03. The third-order valence-electron chi connectivity index (χ3n) is 4.33. The van der Waals surface area contributed by atoms with Crippen molar-refractivity contribution in [2.24, 2.45) is 0 Å². The van der Waals surface area contributed by atoms with Gasteiger partial charge in [0.1, 0.15) is 17.1 Å². The van der Waals surface area contributed by atoms with Gasteiger partial charge in [-0.2, -0.15) is 0 Å². The SMILES string of the molecule is COc1cccc(S/C=C2\c3c(cc(OC)c(O)c3C)OC2(C)C)c1. The molecule has 0 saturated carbocycles. The molecule has 1 aliphatic heterocycles. The molecule has 0 aliphatic carbocycles. The van der Waals surface area contributed by atoms with Crippen LogP contribution in [-0.2, 0) is 0 Å². The molecule has 132 valence electrons. The molecule has 1 aliphatic rings. The molecule has 3 rings (SSSR count). The summed E-state index contributed by atoms with van der Waals surface area (Å²) in [6, 6.07) is 9.65. The maximum absolute atomic E-state index is 10.4. The molecular formula is C20H22O4S. The van der Waals surface area contributed by atoms with Crippen molar-refractivity contribution in [1.29, 1.82) is 0 Å². The van der Waals surface area contributed by atoms with E-state index in [-0.39, 0.29) is 5.75 Å². The van der Waals surface area contributed by atoms with Gasteiger partial charge < -0.3 is 19.3 Å². The summed E-state index contributed by atoms with van der Waals surface area (Å²) in [5.74, 6) is 2.13. The summed E-state index contributed by atoms with van der Waals surface area (Å²) in [5.41, 5.74) is 2.24. The van der Waals surface area contributed by atoms with Gasteiger partial charge in [0.25, 0.3) is 0 Å². The van der Waals surface area contributed by atoms with Crippen molar-refractivity contribution in [3.63, 3.8) is 0 Å². The van der Waals surface area contributed by atoms with Crippen molar-refractivity contribution in [2.45, 2.75) is 31.3 Å². The van der Waals surface area contributed by atoms with Crippen LogP contribution in [0.2, 0.25) is 0 Å². The fourth-order valence-electron chi connectivity index (χ4n) is 2.95. The zero-order valence-electron chi connectivity index (χ0n) is 15.0. The number of aromatic hydroxyl groups is 1. The molecule has 0 aromatic heterocycles. The van der Waals surface area contributed by atoms with E-state index >= 15 is 0 Å². The van der Waals surface area contributed by atoms with Crippen molar-refractivity contribution >= 4 is 17.3 Å². The molecule has 5 heteroatoms. The van der Waals surface area contributed by atoms with E-state index in [1.165, 1.54) is 7.11 Å². The summed E-state index contributed by atoms with van der Waals surface area (Å²) < 4.78 is 16.6. The fourth-order valence-corrected chi connectivity index (χ4v) is 3.95. The number of fused-ring (bicyclic) bond motifs is 1. The molecule has 0 unspecified atom stereocenters. The monoisotopic (exact) mass is 358 g/mol. The molecule has 1 heterocycles. The molecule has 4 nitrogen and oxygen atoms in total. The van der Waals surface area contributed by atoms with Gasteiger partial charge in [-0.15, -0.1) is 0 Å². The first kappa shape index (κ1) is 17.5. The van der Waals surface area contributed by atoms with E-state index in [0.29, 0.717) is 5.75 Å². The number of benzene rings is 2. The zero-order chi connectivity index (χ0) is 18.2. The minimum atomic E-state index is -0.488. The number of rotatable bonds is 4. The Labute approximate surface area is 152 Å². The lowest BCUT2D eigenvalue weighted by Crippen LogP contribution is -2.23. The second-order valence-electron chi connectivity index (χ2n) is 6.37. The Morgan fingerprint density at radius 3 is 2.60 bits per heavy atom. The van der Waals surface area contributed by atoms with Gasteiger partial charge in [-0.05, 0) is 44.4 Å². The summed E-state index contributed by atoms with van der Waals surface area (Å²) in [5, 5.41) is 12.5. The maximum atomic E-state index is 10.4. The molecule has 0 radical (unpaired) electrons. The molecule has 0 fully saturated rings. The Bertz CT molecular complexity index is 840. The third kappa shape index (κ3) is 3.16. The van der Waals surface area contributed by atoms with E-state index in [0.717, 1.165) is 33.1 Å². The smallest absolute Gasteiger partial charge is 0.164 e. The minimum absolute atomic E-state index is 0.153. The lowest BCUT2D eigenvalue weighted by molar-refractivity contribution is 0.189. The van der Waals surface area contributed by atoms with Crippen LogP contribution in [0.3, 0.4) is 0 Å². The van der Waals surface area contributed by atoms with Crippen LogP contribution in [0, 0.1) is 6.92 Å². The average Bonchev–Trinajstić information content (AvgIpc) is 2.86. The molecule has 0 spiro atoms. The van der Waals surface area contributed by atoms with Crippen LogP contribution in [0.4, 0.5) is 0 Å². The summed E-state index contributed by atoms with van der Waals surface area (Å²) in [6.45, 7) is 5.92. The van der Waals surface area contributed by atoms with E-state index in [1.54, 1.807) is 24.9 Å². The van der Waals surface area contributed by atoms with Crippen LogP contribution >= 0.6 is 11.8 Å². The average molecular weight is 358 g/mol. The van der Waals surface area contributed by atoms with E-state index in [4.69, 9.17) is 14.2 Å². The van der Waals surface area contributed by atoms with Crippen LogP contribution in [0.25, 0.3) is 5.57 Å². The normalized spacial score (nSPS) is 16.4. The molecule has 0 amide bonds. The Hall–Kier alpha value is -2.27. The predicted octanol–water partition coefficient (Wildman–Crippen LogP) is 5.02. The van der Waals surface area contributed by atoms with Gasteiger partial charge in [0.2, 0.25) is 0 Å². The van der Waals surface area contributed by atoms with Crippen molar-refractivity contribution in [3.05, 3.63) is 46.9 Å². The topological polar surface area (TPSA) is 47.9 Å². The highest BCUT2D eigenvalue weighted by Crippen LogP contribution is 2.51.